The molecule has 0 bridgehead atoms. The van der Waals surface area contributed by atoms with E-state index in [1.807, 2.05) is 45.3 Å². The van der Waals surface area contributed by atoms with Crippen LogP contribution in [-0.4, -0.2) is 42.3 Å². The van der Waals surface area contributed by atoms with E-state index in [0.29, 0.717) is 18.3 Å². The Labute approximate surface area is 113 Å². The molecule has 19 heavy (non-hydrogen) atoms. The van der Waals surface area contributed by atoms with Crippen molar-refractivity contribution in [2.45, 2.75) is 13.5 Å². The zero-order chi connectivity index (χ0) is 13.7. The van der Waals surface area contributed by atoms with Crippen LogP contribution < -0.4 is 5.32 Å². The first-order valence-electron chi connectivity index (χ1n) is 6.41. The van der Waals surface area contributed by atoms with Crippen LogP contribution in [0.5, 0.6) is 0 Å². The molecule has 0 fully saturated rings. The fourth-order valence-corrected chi connectivity index (χ4v) is 1.82. The second-order valence-corrected chi connectivity index (χ2v) is 4.71. The third-order valence-corrected chi connectivity index (χ3v) is 2.88. The maximum absolute atomic E-state index is 5.69. The molecule has 0 radical (unpaired) electrons. The van der Waals surface area contributed by atoms with Gasteiger partial charge in [0.1, 0.15) is 0 Å². The average Bonchev–Trinajstić information content (AvgIpc) is 2.85. The van der Waals surface area contributed by atoms with Crippen LogP contribution in [0.3, 0.4) is 0 Å². The van der Waals surface area contributed by atoms with Gasteiger partial charge in [-0.25, -0.2) is 0 Å². The molecule has 0 unspecified atom stereocenters. The quantitative estimate of drug-likeness (QED) is 0.856. The van der Waals surface area contributed by atoms with Gasteiger partial charge in [-0.2, -0.15) is 0 Å². The number of nitrogens with zero attached hydrogens (tertiary/aromatic N) is 3. The van der Waals surface area contributed by atoms with Crippen LogP contribution in [0.1, 0.15) is 11.5 Å². The van der Waals surface area contributed by atoms with E-state index in [1.165, 1.54) is 5.56 Å². The summed E-state index contributed by atoms with van der Waals surface area (Å²) in [5, 5.41) is 11.3. The zero-order valence-corrected chi connectivity index (χ0v) is 11.7. The van der Waals surface area contributed by atoms with Crippen molar-refractivity contribution in [2.75, 3.05) is 27.2 Å². The number of likely N-dealkylation sites (N-methyl/N-ethyl adjacent to an activating group) is 2. The van der Waals surface area contributed by atoms with Gasteiger partial charge in [0.15, 0.2) is 0 Å². The fraction of sp³-hybridized carbons (Fsp3) is 0.429. The molecule has 2 rings (SSSR count). The number of hydrogen-bond donors (Lipinski definition) is 1. The highest BCUT2D eigenvalue weighted by atomic mass is 16.4. The summed E-state index contributed by atoms with van der Waals surface area (Å²) >= 11 is 0. The molecule has 0 aliphatic rings. The Balaban J connectivity index is 2.03. The number of benzene rings is 1. The van der Waals surface area contributed by atoms with Gasteiger partial charge in [-0.3, -0.25) is 4.90 Å². The molecule has 0 spiro atoms. The summed E-state index contributed by atoms with van der Waals surface area (Å²) < 4.78 is 5.69. The largest absolute Gasteiger partial charge is 0.419 e. The van der Waals surface area contributed by atoms with Crippen molar-refractivity contribution >= 4 is 0 Å². The predicted molar refractivity (Wildman–Crippen MR) is 74.7 cm³/mol. The van der Waals surface area contributed by atoms with Crippen molar-refractivity contribution in [2.24, 2.45) is 0 Å². The molecule has 0 atom stereocenters. The highest BCUT2D eigenvalue weighted by Crippen LogP contribution is 2.19. The summed E-state index contributed by atoms with van der Waals surface area (Å²) in [5.74, 6) is 1.23. The van der Waals surface area contributed by atoms with E-state index in [1.54, 1.807) is 0 Å². The summed E-state index contributed by atoms with van der Waals surface area (Å²) in [7, 11) is 3.98. The molecule has 5 nitrogen and oxygen atoms in total. The highest BCUT2D eigenvalue weighted by molar-refractivity contribution is 5.53. The molecular formula is C14H20N4O. The lowest BCUT2D eigenvalue weighted by molar-refractivity contribution is 0.291. The molecule has 5 heteroatoms. The van der Waals surface area contributed by atoms with Gasteiger partial charge in [0.05, 0.1) is 6.54 Å². The van der Waals surface area contributed by atoms with Crippen molar-refractivity contribution < 1.29 is 4.42 Å². The minimum atomic E-state index is 0.584. The van der Waals surface area contributed by atoms with E-state index in [0.717, 1.165) is 18.7 Å². The van der Waals surface area contributed by atoms with E-state index in [9.17, 15) is 0 Å². The summed E-state index contributed by atoms with van der Waals surface area (Å²) in [6.45, 7) is 4.60. The minimum Gasteiger partial charge on any atom is -0.419 e. The van der Waals surface area contributed by atoms with Gasteiger partial charge in [-0.15, -0.1) is 10.2 Å². The van der Waals surface area contributed by atoms with Crippen molar-refractivity contribution in [3.63, 3.8) is 0 Å². The summed E-state index contributed by atoms with van der Waals surface area (Å²) in [6.07, 6.45) is 0. The van der Waals surface area contributed by atoms with Crippen molar-refractivity contribution in [3.8, 4) is 11.5 Å². The maximum Gasteiger partial charge on any atom is 0.247 e. The van der Waals surface area contributed by atoms with Crippen LogP contribution in [0.4, 0.5) is 0 Å². The molecule has 0 saturated heterocycles. The van der Waals surface area contributed by atoms with Crippen LogP contribution in [0.15, 0.2) is 28.7 Å². The molecule has 0 aliphatic carbocycles. The van der Waals surface area contributed by atoms with Gasteiger partial charge < -0.3 is 9.73 Å². The Morgan fingerprint density at radius 3 is 2.89 bits per heavy atom. The Hall–Kier alpha value is -1.72. The number of aromatic nitrogens is 2. The number of rotatable bonds is 6. The van der Waals surface area contributed by atoms with Crippen molar-refractivity contribution in [1.29, 1.82) is 0 Å². The fourth-order valence-electron chi connectivity index (χ4n) is 1.82. The number of nitrogens with one attached hydrogen (secondary N) is 1. The lowest BCUT2D eigenvalue weighted by Crippen LogP contribution is -2.27. The van der Waals surface area contributed by atoms with Gasteiger partial charge in [-0.05, 0) is 33.2 Å². The van der Waals surface area contributed by atoms with Crippen LogP contribution in [0.2, 0.25) is 0 Å². The number of aryl methyl sites for hydroxylation is 1. The zero-order valence-electron chi connectivity index (χ0n) is 11.7. The predicted octanol–water partition coefficient (Wildman–Crippen LogP) is 1.70. The van der Waals surface area contributed by atoms with Gasteiger partial charge in [0.2, 0.25) is 11.8 Å². The smallest absolute Gasteiger partial charge is 0.247 e. The van der Waals surface area contributed by atoms with Gasteiger partial charge in [0.25, 0.3) is 0 Å². The molecular weight excluding hydrogens is 240 g/mol. The SMILES string of the molecule is CNCCN(C)Cc1nnc(-c2cccc(C)c2)o1. The Morgan fingerprint density at radius 2 is 2.16 bits per heavy atom. The Morgan fingerprint density at radius 1 is 1.32 bits per heavy atom. The second kappa shape index (κ2) is 6.45. The highest BCUT2D eigenvalue weighted by Gasteiger charge is 2.10. The van der Waals surface area contributed by atoms with Gasteiger partial charge in [0, 0.05) is 18.7 Å². The Bertz CT molecular complexity index is 524. The molecule has 1 aromatic carbocycles. The summed E-state index contributed by atoms with van der Waals surface area (Å²) in [6, 6.07) is 8.07. The molecule has 0 aliphatic heterocycles. The summed E-state index contributed by atoms with van der Waals surface area (Å²) in [4.78, 5) is 2.14. The van der Waals surface area contributed by atoms with Crippen molar-refractivity contribution in [1.82, 2.24) is 20.4 Å². The topological polar surface area (TPSA) is 54.2 Å². The molecule has 0 amide bonds. The van der Waals surface area contributed by atoms with Gasteiger partial charge in [-0.1, -0.05) is 17.7 Å². The van der Waals surface area contributed by atoms with E-state index in [4.69, 9.17) is 4.42 Å². The lowest BCUT2D eigenvalue weighted by Gasteiger charge is -2.13. The van der Waals surface area contributed by atoms with Crippen LogP contribution in [0.25, 0.3) is 11.5 Å². The number of hydrogen-bond acceptors (Lipinski definition) is 5. The van der Waals surface area contributed by atoms with Crippen molar-refractivity contribution in [3.05, 3.63) is 35.7 Å². The third kappa shape index (κ3) is 3.87. The van der Waals surface area contributed by atoms with Gasteiger partial charge >= 0.3 is 0 Å². The van der Waals surface area contributed by atoms with Crippen LogP contribution in [-0.2, 0) is 6.54 Å². The van der Waals surface area contributed by atoms with E-state index in [-0.39, 0.29) is 0 Å². The van der Waals surface area contributed by atoms with Crippen LogP contribution in [0, 0.1) is 6.92 Å². The first kappa shape index (κ1) is 13.7. The molecule has 1 heterocycles. The summed E-state index contributed by atoms with van der Waals surface area (Å²) in [5.41, 5.74) is 2.15. The molecule has 102 valence electrons. The Kier molecular flexibility index (Phi) is 4.65. The molecule has 1 aromatic heterocycles. The normalized spacial score (nSPS) is 11.2. The monoisotopic (exact) mass is 260 g/mol. The lowest BCUT2D eigenvalue weighted by atomic mass is 10.1. The average molecular weight is 260 g/mol. The third-order valence-electron chi connectivity index (χ3n) is 2.88. The van der Waals surface area contributed by atoms with E-state index >= 15 is 0 Å². The van der Waals surface area contributed by atoms with Crippen LogP contribution >= 0.6 is 0 Å². The van der Waals surface area contributed by atoms with E-state index in [2.05, 4.69) is 20.4 Å². The minimum absolute atomic E-state index is 0.584. The van der Waals surface area contributed by atoms with E-state index < -0.39 is 0 Å². The molecule has 1 N–H and O–H groups in total. The standard InChI is InChI=1S/C14H20N4O/c1-11-5-4-6-12(9-11)14-17-16-13(19-14)10-18(3)8-7-15-2/h4-6,9,15H,7-8,10H2,1-3H3. The molecule has 0 saturated carbocycles. The first-order valence-corrected chi connectivity index (χ1v) is 6.41. The maximum atomic E-state index is 5.69. The first-order chi connectivity index (χ1) is 9.19. The molecule has 2 aromatic rings. The second-order valence-electron chi connectivity index (χ2n) is 4.71.